The van der Waals surface area contributed by atoms with Gasteiger partial charge in [-0.2, -0.15) is 0 Å². The van der Waals surface area contributed by atoms with Crippen LogP contribution in [0.4, 0.5) is 0 Å². The number of aliphatic hydroxyl groups is 1. The predicted molar refractivity (Wildman–Crippen MR) is 168 cm³/mol. The highest BCUT2D eigenvalue weighted by Crippen LogP contribution is 2.69. The van der Waals surface area contributed by atoms with Crippen molar-refractivity contribution >= 4 is 14.2 Å². The van der Waals surface area contributed by atoms with E-state index in [1.54, 1.807) is 0 Å². The van der Waals surface area contributed by atoms with E-state index in [4.69, 9.17) is 4.43 Å². The van der Waals surface area contributed by atoms with Crippen molar-refractivity contribution in [2.24, 2.45) is 46.3 Å². The van der Waals surface area contributed by atoms with Crippen LogP contribution in [0.2, 0.25) is 18.1 Å². The molecule has 4 saturated carbocycles. The van der Waals surface area contributed by atoms with Gasteiger partial charge in [-0.05, 0) is 136 Å². The van der Waals surface area contributed by atoms with Gasteiger partial charge in [0.2, 0.25) is 5.91 Å². The Kier molecular flexibility index (Phi) is 8.26. The van der Waals surface area contributed by atoms with E-state index in [1.807, 2.05) is 11.8 Å². The summed E-state index contributed by atoms with van der Waals surface area (Å²) in [4.78, 5) is 14.6. The predicted octanol–water partition coefficient (Wildman–Crippen LogP) is 8.44. The van der Waals surface area contributed by atoms with Gasteiger partial charge >= 0.3 is 0 Å². The molecule has 5 fully saturated rings. The Bertz CT molecular complexity index is 941. The Hall–Kier alpha value is -0.393. The molecule has 10 atom stereocenters. The molecule has 1 aliphatic heterocycles. The Morgan fingerprint density at radius 3 is 2.30 bits per heavy atom. The lowest BCUT2D eigenvalue weighted by atomic mass is 9.44. The van der Waals surface area contributed by atoms with Gasteiger partial charge < -0.3 is 14.4 Å². The molecule has 1 amide bonds. The van der Waals surface area contributed by atoms with Crippen LogP contribution in [0.15, 0.2) is 0 Å². The number of piperidine rings is 1. The molecule has 0 aromatic carbocycles. The summed E-state index contributed by atoms with van der Waals surface area (Å²) in [6.45, 7) is 23.0. The molecule has 4 aliphatic carbocycles. The molecule has 0 bridgehead atoms. The number of fused-ring (bicyclic) bond motifs is 5. The van der Waals surface area contributed by atoms with E-state index in [0.29, 0.717) is 23.9 Å². The van der Waals surface area contributed by atoms with E-state index in [9.17, 15) is 9.90 Å². The van der Waals surface area contributed by atoms with Crippen LogP contribution in [0.5, 0.6) is 0 Å². The molecule has 0 aromatic rings. The van der Waals surface area contributed by atoms with E-state index in [0.717, 1.165) is 56.0 Å². The number of carbonyl (C=O) groups excluding carboxylic acids is 1. The van der Waals surface area contributed by atoms with Gasteiger partial charge in [-0.3, -0.25) is 4.79 Å². The van der Waals surface area contributed by atoms with E-state index in [1.165, 1.54) is 51.4 Å². The lowest BCUT2D eigenvalue weighted by Gasteiger charge is -2.62. The minimum atomic E-state index is -1.73. The van der Waals surface area contributed by atoms with Crippen LogP contribution < -0.4 is 0 Å². The van der Waals surface area contributed by atoms with Crippen LogP contribution in [-0.4, -0.2) is 49.0 Å². The highest BCUT2D eigenvalue weighted by atomic mass is 28.4. The third kappa shape index (κ3) is 5.08. The summed E-state index contributed by atoms with van der Waals surface area (Å²) in [7, 11) is -1.73. The van der Waals surface area contributed by atoms with Gasteiger partial charge in [0.25, 0.3) is 0 Å². The summed E-state index contributed by atoms with van der Waals surface area (Å²) in [5.74, 6) is 4.04. The second kappa shape index (κ2) is 10.6. The van der Waals surface area contributed by atoms with Crippen molar-refractivity contribution < 1.29 is 14.3 Å². The number of carbonyl (C=O) groups is 1. The maximum atomic E-state index is 12.5. The smallest absolute Gasteiger partial charge is 0.222 e. The zero-order chi connectivity index (χ0) is 29.3. The summed E-state index contributed by atoms with van der Waals surface area (Å²) in [5.41, 5.74) is -0.000638. The summed E-state index contributed by atoms with van der Waals surface area (Å²) in [6, 6.07) is 0. The lowest BCUT2D eigenvalue weighted by molar-refractivity contribution is -0.160. The number of nitrogens with zero attached hydrogens (tertiary/aromatic N) is 1. The van der Waals surface area contributed by atoms with Gasteiger partial charge in [0.1, 0.15) is 0 Å². The number of amides is 1. The second-order valence-corrected chi connectivity index (χ2v) is 22.1. The molecule has 1 N–H and O–H groups in total. The third-order valence-electron chi connectivity index (χ3n) is 14.5. The van der Waals surface area contributed by atoms with Gasteiger partial charge in [-0.15, -0.1) is 0 Å². The fourth-order valence-electron chi connectivity index (χ4n) is 11.1. The number of likely N-dealkylation sites (tertiary alicyclic amines) is 1. The molecule has 1 saturated heterocycles. The van der Waals surface area contributed by atoms with E-state index >= 15 is 0 Å². The van der Waals surface area contributed by atoms with Crippen LogP contribution in [0.1, 0.15) is 126 Å². The standard InChI is InChI=1S/C35H63NO3Si/c1-10-31(37)36-21-11-12-25(23-36)35(7,38)30-16-15-28-27-14-13-24-22-26(39-40(8,9)32(2,3)4)17-19-33(24,5)29(27)18-20-34(28,30)6/h24-30,38H,10-23H2,1-9H3/t24-,25?,26-,27-,28-,29-,30-,33-,34-,35?/m0/s1. The first kappa shape index (κ1) is 31.0. The average molecular weight is 574 g/mol. The van der Waals surface area contributed by atoms with Gasteiger partial charge in [0, 0.05) is 31.5 Å². The van der Waals surface area contributed by atoms with Crippen molar-refractivity contribution in [3.8, 4) is 0 Å². The molecule has 1 heterocycles. The normalized spacial score (nSPS) is 43.9. The Labute approximate surface area is 247 Å². The molecule has 230 valence electrons. The van der Waals surface area contributed by atoms with Crippen LogP contribution in [0, 0.1) is 46.3 Å². The Balaban J connectivity index is 1.29. The van der Waals surface area contributed by atoms with Crippen molar-refractivity contribution in [2.75, 3.05) is 13.1 Å². The van der Waals surface area contributed by atoms with Crippen LogP contribution >= 0.6 is 0 Å². The summed E-state index contributed by atoms with van der Waals surface area (Å²) >= 11 is 0. The quantitative estimate of drug-likeness (QED) is 0.336. The molecule has 5 aliphatic rings. The van der Waals surface area contributed by atoms with Gasteiger partial charge in [0.05, 0.1) is 5.60 Å². The van der Waals surface area contributed by atoms with Gasteiger partial charge in [-0.25, -0.2) is 0 Å². The summed E-state index contributed by atoms with van der Waals surface area (Å²) in [6.07, 6.45) is 14.8. The topological polar surface area (TPSA) is 49.8 Å². The molecule has 2 unspecified atom stereocenters. The van der Waals surface area contributed by atoms with Crippen LogP contribution in [0.25, 0.3) is 0 Å². The van der Waals surface area contributed by atoms with Crippen LogP contribution in [-0.2, 0) is 9.22 Å². The summed E-state index contributed by atoms with van der Waals surface area (Å²) < 4.78 is 6.98. The van der Waals surface area contributed by atoms with E-state index in [-0.39, 0.29) is 22.3 Å². The van der Waals surface area contributed by atoms with Crippen molar-refractivity contribution in [1.82, 2.24) is 4.90 Å². The monoisotopic (exact) mass is 573 g/mol. The molecule has 4 nitrogen and oxygen atoms in total. The van der Waals surface area contributed by atoms with Crippen molar-refractivity contribution in [1.29, 1.82) is 0 Å². The zero-order valence-corrected chi connectivity index (χ0v) is 28.7. The number of hydrogen-bond donors (Lipinski definition) is 1. The largest absolute Gasteiger partial charge is 0.414 e. The van der Waals surface area contributed by atoms with E-state index < -0.39 is 13.9 Å². The first-order valence-electron chi connectivity index (χ1n) is 17.2. The molecular formula is C35H63NO3Si. The average Bonchev–Trinajstić information content (AvgIpc) is 3.25. The number of rotatable bonds is 5. The molecule has 0 aromatic heterocycles. The van der Waals surface area contributed by atoms with E-state index in [2.05, 4.69) is 54.6 Å². The fraction of sp³-hybridized carbons (Fsp3) is 0.971. The third-order valence-corrected chi connectivity index (χ3v) is 19.0. The fourth-order valence-corrected chi connectivity index (χ4v) is 12.5. The highest BCUT2D eigenvalue weighted by molar-refractivity contribution is 6.74. The minimum absolute atomic E-state index is 0.208. The summed E-state index contributed by atoms with van der Waals surface area (Å²) in [5, 5.41) is 12.6. The highest BCUT2D eigenvalue weighted by Gasteiger charge is 2.63. The van der Waals surface area contributed by atoms with Crippen molar-refractivity contribution in [3.05, 3.63) is 0 Å². The van der Waals surface area contributed by atoms with Crippen LogP contribution in [0.3, 0.4) is 0 Å². The molecule has 5 heteroatoms. The van der Waals surface area contributed by atoms with Gasteiger partial charge in [-0.1, -0.05) is 41.5 Å². The minimum Gasteiger partial charge on any atom is -0.414 e. The first-order chi connectivity index (χ1) is 18.5. The molecule has 0 radical (unpaired) electrons. The zero-order valence-electron chi connectivity index (χ0n) is 27.7. The molecule has 40 heavy (non-hydrogen) atoms. The molecule has 5 rings (SSSR count). The van der Waals surface area contributed by atoms with Crippen molar-refractivity contribution in [3.63, 3.8) is 0 Å². The lowest BCUT2D eigenvalue weighted by Crippen LogP contribution is -2.58. The van der Waals surface area contributed by atoms with Gasteiger partial charge in [0.15, 0.2) is 8.32 Å². The number of hydrogen-bond acceptors (Lipinski definition) is 3. The second-order valence-electron chi connectivity index (χ2n) is 17.4. The first-order valence-corrected chi connectivity index (χ1v) is 20.1. The Morgan fingerprint density at radius 1 is 0.950 bits per heavy atom. The maximum Gasteiger partial charge on any atom is 0.222 e. The molecule has 0 spiro atoms. The maximum absolute atomic E-state index is 12.5. The Morgan fingerprint density at radius 2 is 1.62 bits per heavy atom. The molecular weight excluding hydrogens is 510 g/mol. The van der Waals surface area contributed by atoms with Crippen molar-refractivity contribution in [2.45, 2.75) is 155 Å². The SMILES string of the molecule is CCC(=O)N1CCCC(C(C)(O)[C@H]2CC[C@H]3[C@@H]4CC[C@H]5C[C@@H](O[Si](C)(C)C(C)(C)C)CC[C@]5(C)[C@H]4CC[C@]23C)C1.